The van der Waals surface area contributed by atoms with Gasteiger partial charge in [-0.05, 0) is 80.4 Å². The van der Waals surface area contributed by atoms with Gasteiger partial charge in [-0.15, -0.1) is 0 Å². The van der Waals surface area contributed by atoms with Crippen LogP contribution in [-0.2, 0) is 64.6 Å². The second kappa shape index (κ2) is 18.7. The van der Waals surface area contributed by atoms with E-state index in [1.807, 2.05) is 73.6 Å². The van der Waals surface area contributed by atoms with Crippen LogP contribution in [0.15, 0.2) is 58.6 Å². The van der Waals surface area contributed by atoms with Crippen LogP contribution in [0.2, 0.25) is 0 Å². The largest absolute Gasteiger partial charge is 0.503 e. The summed E-state index contributed by atoms with van der Waals surface area (Å²) in [5.74, 6) is -3.22. The molecule has 2 unspecified atom stereocenters. The van der Waals surface area contributed by atoms with Crippen molar-refractivity contribution in [2.45, 2.75) is 117 Å². The minimum atomic E-state index is -1.58. The van der Waals surface area contributed by atoms with Gasteiger partial charge in [0.15, 0.2) is 17.0 Å². The first kappa shape index (κ1) is 46.3. The number of carbonyl (C=O) groups is 2. The Hall–Kier alpha value is -3.37. The van der Waals surface area contributed by atoms with Crippen molar-refractivity contribution in [1.29, 1.82) is 0 Å². The molecule has 4 heterocycles. The summed E-state index contributed by atoms with van der Waals surface area (Å²) in [6.07, 6.45) is 2.98. The van der Waals surface area contributed by atoms with E-state index < -0.39 is 60.4 Å². The molecule has 0 aliphatic carbocycles. The van der Waals surface area contributed by atoms with E-state index in [0.717, 1.165) is 17.3 Å². The topological polar surface area (TPSA) is 170 Å². The van der Waals surface area contributed by atoms with E-state index in [0.29, 0.717) is 31.1 Å². The Morgan fingerprint density at radius 3 is 2.33 bits per heavy atom. The van der Waals surface area contributed by atoms with Gasteiger partial charge in [-0.3, -0.25) is 28.7 Å². The Bertz CT molecular complexity index is 2020. The monoisotopic (exact) mass is 891 g/mol. The van der Waals surface area contributed by atoms with Gasteiger partial charge in [0.05, 0.1) is 23.0 Å². The summed E-state index contributed by atoms with van der Waals surface area (Å²) in [6, 6.07) is 9.58. The van der Waals surface area contributed by atoms with Crippen LogP contribution in [-0.4, -0.2) is 66.7 Å². The zero-order valence-electron chi connectivity index (χ0n) is 33.3. The third-order valence-corrected chi connectivity index (χ3v) is 10.9. The molecule has 2 amide bonds. The molecule has 6 rings (SSSR count). The SMILES string of the molecule is CC(C)(C)OP(Oc1ccccc1COO)OC(C)(C)C.CC1=NO[C@@]2(CCC(C)N3CC2n2cc(C(=O)NCc4ccc(F)cc4F)c(=O)c(O)c2C3=O)C1.[Y]. The van der Waals surface area contributed by atoms with Gasteiger partial charge in [-0.2, -0.15) is 0 Å². The molecule has 3 atom stereocenters. The van der Waals surface area contributed by atoms with E-state index in [4.69, 9.17) is 23.7 Å². The van der Waals surface area contributed by atoms with Crippen molar-refractivity contribution < 1.29 is 84.7 Å². The molecular weight excluding hydrogens is 842 g/mol. The van der Waals surface area contributed by atoms with Gasteiger partial charge in [0.25, 0.3) is 11.8 Å². The second-order valence-corrected chi connectivity index (χ2v) is 17.0. The van der Waals surface area contributed by atoms with Crippen LogP contribution in [0.1, 0.15) is 113 Å². The molecule has 0 saturated carbocycles. The van der Waals surface area contributed by atoms with Gasteiger partial charge in [0, 0.05) is 81.7 Å². The number of para-hydroxylation sites is 1. The van der Waals surface area contributed by atoms with Crippen molar-refractivity contribution in [3.8, 4) is 11.5 Å². The van der Waals surface area contributed by atoms with Gasteiger partial charge in [-0.25, -0.2) is 13.7 Å². The fourth-order valence-electron chi connectivity index (χ4n) is 6.59. The van der Waals surface area contributed by atoms with E-state index in [1.165, 1.54) is 16.8 Å². The van der Waals surface area contributed by atoms with E-state index in [-0.39, 0.29) is 80.9 Å². The number of nitrogens with one attached hydrogen (secondary N) is 1. The molecule has 3 aliphatic rings. The number of amides is 2. The van der Waals surface area contributed by atoms with Gasteiger partial charge >= 0.3 is 8.60 Å². The Morgan fingerprint density at radius 1 is 1.07 bits per heavy atom. The molecule has 1 aromatic heterocycles. The molecule has 18 heteroatoms. The molecule has 1 fully saturated rings. The Kier molecular flexibility index (Phi) is 15.2. The van der Waals surface area contributed by atoms with E-state index in [2.05, 4.69) is 15.4 Å². The molecule has 2 bridgehead atoms. The number of aromatic hydroxyl groups is 1. The minimum Gasteiger partial charge on any atom is -0.503 e. The summed E-state index contributed by atoms with van der Waals surface area (Å²) in [5.41, 5.74) is -1.66. The minimum absolute atomic E-state index is 0. The van der Waals surface area contributed by atoms with Crippen LogP contribution >= 0.6 is 8.60 Å². The van der Waals surface area contributed by atoms with Crippen molar-refractivity contribution in [1.82, 2.24) is 14.8 Å². The van der Waals surface area contributed by atoms with Crippen LogP contribution in [0.5, 0.6) is 11.5 Å². The number of nitrogens with zero attached hydrogens (tertiary/aromatic N) is 3. The zero-order valence-corrected chi connectivity index (χ0v) is 37.0. The summed E-state index contributed by atoms with van der Waals surface area (Å²) >= 11 is 0. The molecular formula is C39H49F2N4O10PY. The van der Waals surface area contributed by atoms with Gasteiger partial charge < -0.3 is 29.3 Å². The maximum Gasteiger partial charge on any atom is 0.398 e. The standard InChI is InChI=1S/C24H24F2N4O5.C15H25O5P.Y/c1-12-8-24(35-28-12)6-5-13(2)29-11-18(24)30-10-16(20(31)21(32)19(30)23(29)34)22(33)27-9-14-3-4-15(25)7-17(14)26;1-14(2,3)19-21(20-15(4,5)6)18-13-10-8-7-9-12(13)11-17-16;/h3-4,7,10,13,18,32H,5-6,8-9,11H2,1-2H3,(H,27,33);7-10,16H,11H2,1-6H3;/t13?,18?,24-;;/m0../s1. The van der Waals surface area contributed by atoms with Gasteiger partial charge in [0.1, 0.15) is 29.6 Å². The quantitative estimate of drug-likeness (QED) is 0.112. The fraction of sp³-hybridized carbons (Fsp3) is 0.487. The zero-order chi connectivity index (χ0) is 41.2. The predicted molar refractivity (Wildman–Crippen MR) is 203 cm³/mol. The normalized spacial score (nSPS) is 20.1. The number of pyridine rings is 1. The van der Waals surface area contributed by atoms with Crippen LogP contribution in [0.4, 0.5) is 8.78 Å². The number of carbonyl (C=O) groups excluding carboxylic acids is 2. The summed E-state index contributed by atoms with van der Waals surface area (Å²) < 4.78 is 46.2. The van der Waals surface area contributed by atoms with Crippen LogP contribution in [0.25, 0.3) is 0 Å². The average molecular weight is 892 g/mol. The van der Waals surface area contributed by atoms with Gasteiger partial charge in [0.2, 0.25) is 5.43 Å². The number of halogens is 2. The molecule has 3 aromatic rings. The van der Waals surface area contributed by atoms with Crippen molar-refractivity contribution in [3.05, 3.63) is 92.9 Å². The molecule has 3 N–H and O–H groups in total. The second-order valence-electron chi connectivity index (χ2n) is 16.0. The third-order valence-electron chi connectivity index (χ3n) is 9.20. The molecule has 57 heavy (non-hydrogen) atoms. The molecule has 1 radical (unpaired) electrons. The van der Waals surface area contributed by atoms with Crippen molar-refractivity contribution in [2.24, 2.45) is 5.16 Å². The molecule has 2 aromatic carbocycles. The first-order valence-corrected chi connectivity index (χ1v) is 19.2. The fourth-order valence-corrected chi connectivity index (χ4v) is 7.93. The first-order valence-electron chi connectivity index (χ1n) is 18.2. The molecule has 3 aliphatic heterocycles. The molecule has 14 nitrogen and oxygen atoms in total. The summed E-state index contributed by atoms with van der Waals surface area (Å²) in [5, 5.41) is 26.0. The van der Waals surface area contributed by atoms with Crippen molar-refractivity contribution in [3.63, 3.8) is 0 Å². The summed E-state index contributed by atoms with van der Waals surface area (Å²) in [4.78, 5) is 50.8. The molecule has 1 saturated heterocycles. The molecule has 1 spiro atoms. The summed E-state index contributed by atoms with van der Waals surface area (Å²) in [6.45, 7) is 15.4. The number of hydrogen-bond acceptors (Lipinski definition) is 11. The van der Waals surface area contributed by atoms with E-state index in [9.17, 15) is 28.3 Å². The van der Waals surface area contributed by atoms with Crippen LogP contribution < -0.4 is 15.3 Å². The van der Waals surface area contributed by atoms with Crippen LogP contribution in [0.3, 0.4) is 0 Å². The first-order chi connectivity index (χ1) is 26.2. The smallest absolute Gasteiger partial charge is 0.398 e. The average Bonchev–Trinajstić information content (AvgIpc) is 3.43. The number of aromatic nitrogens is 1. The van der Waals surface area contributed by atoms with Gasteiger partial charge in [-0.1, -0.05) is 29.4 Å². The number of fused-ring (bicyclic) bond motifs is 5. The van der Waals surface area contributed by atoms with E-state index >= 15 is 0 Å². The predicted octanol–water partition coefficient (Wildman–Crippen LogP) is 7.39. The number of hydrogen-bond donors (Lipinski definition) is 3. The number of benzene rings is 2. The summed E-state index contributed by atoms with van der Waals surface area (Å²) in [7, 11) is -1.58. The Balaban J connectivity index is 0.000000283. The number of oxime groups is 1. The molecule has 307 valence electrons. The van der Waals surface area contributed by atoms with Crippen molar-refractivity contribution in [2.75, 3.05) is 6.54 Å². The Labute approximate surface area is 356 Å². The van der Waals surface area contributed by atoms with E-state index in [1.54, 1.807) is 11.0 Å². The Morgan fingerprint density at radius 2 is 1.74 bits per heavy atom. The number of rotatable bonds is 9. The van der Waals surface area contributed by atoms with Crippen LogP contribution in [0, 0.1) is 11.6 Å². The maximum absolute atomic E-state index is 14.0. The third kappa shape index (κ3) is 11.2. The maximum atomic E-state index is 14.0. The van der Waals surface area contributed by atoms with Crippen molar-refractivity contribution >= 4 is 26.1 Å².